The molecule has 0 amide bonds. The molecule has 1 aliphatic rings. The summed E-state index contributed by atoms with van der Waals surface area (Å²) in [6.45, 7) is 3.69. The summed E-state index contributed by atoms with van der Waals surface area (Å²) in [5.41, 5.74) is 0. The average Bonchev–Trinajstić information content (AvgIpc) is 2.70. The lowest BCUT2D eigenvalue weighted by molar-refractivity contribution is -0.118. The summed E-state index contributed by atoms with van der Waals surface area (Å²) >= 11 is 1.85. The van der Waals surface area contributed by atoms with Gasteiger partial charge in [0.25, 0.3) is 0 Å². The van der Waals surface area contributed by atoms with Gasteiger partial charge in [-0.25, -0.2) is 0 Å². The Bertz CT molecular complexity index is 183. The van der Waals surface area contributed by atoms with E-state index in [1.54, 1.807) is 0 Å². The van der Waals surface area contributed by atoms with Gasteiger partial charge in [0, 0.05) is 6.42 Å². The quantitative estimate of drug-likeness (QED) is 0.474. The van der Waals surface area contributed by atoms with Gasteiger partial charge < -0.3 is 0 Å². The molecule has 1 unspecified atom stereocenters. The molecule has 1 rings (SSSR count). The van der Waals surface area contributed by atoms with Gasteiger partial charge in [0.15, 0.2) is 0 Å². The number of rotatable bonds is 7. The van der Waals surface area contributed by atoms with E-state index < -0.39 is 0 Å². The van der Waals surface area contributed by atoms with Crippen molar-refractivity contribution in [2.45, 2.75) is 50.2 Å². The normalized spacial score (nSPS) is 21.0. The second-order valence-electron chi connectivity index (χ2n) is 3.86. The van der Waals surface area contributed by atoms with Crippen molar-refractivity contribution in [3.63, 3.8) is 0 Å². The van der Waals surface area contributed by atoms with E-state index in [1.165, 1.54) is 25.0 Å². The van der Waals surface area contributed by atoms with Crippen LogP contribution in [0.25, 0.3) is 0 Å². The van der Waals surface area contributed by atoms with Crippen LogP contribution in [0, 0.1) is 0 Å². The van der Waals surface area contributed by atoms with Crippen LogP contribution < -0.4 is 0 Å². The van der Waals surface area contributed by atoms with E-state index in [9.17, 15) is 4.79 Å². The van der Waals surface area contributed by atoms with Gasteiger partial charge >= 0.3 is 0 Å². The predicted molar refractivity (Wildman–Crippen MR) is 63.8 cm³/mol. The first-order valence-electron chi connectivity index (χ1n) is 5.60. The molecule has 0 radical (unpaired) electrons. The van der Waals surface area contributed by atoms with Crippen molar-refractivity contribution in [1.82, 2.24) is 0 Å². The van der Waals surface area contributed by atoms with E-state index in [0.717, 1.165) is 25.7 Å². The maximum atomic E-state index is 11.6. The number of allylic oxidation sites excluding steroid dienone is 1. The lowest BCUT2D eigenvalue weighted by atomic mass is 10.1. The Morgan fingerprint density at radius 1 is 1.43 bits per heavy atom. The van der Waals surface area contributed by atoms with Crippen LogP contribution in [0.4, 0.5) is 0 Å². The van der Waals surface area contributed by atoms with Crippen LogP contribution in [0.1, 0.15) is 44.9 Å². The van der Waals surface area contributed by atoms with Crippen molar-refractivity contribution in [3.8, 4) is 0 Å². The Balaban J connectivity index is 2.00. The van der Waals surface area contributed by atoms with Crippen LogP contribution >= 0.6 is 11.8 Å². The second-order valence-corrected chi connectivity index (χ2v) is 5.17. The zero-order valence-electron chi connectivity index (χ0n) is 8.84. The molecule has 1 nitrogen and oxygen atoms in total. The predicted octanol–water partition coefficient (Wildman–Crippen LogP) is 3.59. The SMILES string of the molecule is C=CCCCCCC(=O)C1CCCS1. The highest BCUT2D eigenvalue weighted by molar-refractivity contribution is 8.00. The molecule has 1 aliphatic heterocycles. The fraction of sp³-hybridized carbons (Fsp3) is 0.750. The maximum Gasteiger partial charge on any atom is 0.145 e. The average molecular weight is 212 g/mol. The summed E-state index contributed by atoms with van der Waals surface area (Å²) in [6.07, 6.45) is 9.64. The van der Waals surface area contributed by atoms with Gasteiger partial charge in [0.2, 0.25) is 0 Å². The monoisotopic (exact) mass is 212 g/mol. The number of hydrogen-bond acceptors (Lipinski definition) is 2. The lowest BCUT2D eigenvalue weighted by Crippen LogP contribution is -2.13. The van der Waals surface area contributed by atoms with Gasteiger partial charge in [0.05, 0.1) is 5.25 Å². The number of thioether (sulfide) groups is 1. The van der Waals surface area contributed by atoms with Crippen LogP contribution in [0.5, 0.6) is 0 Å². The molecule has 1 atom stereocenters. The van der Waals surface area contributed by atoms with E-state index in [-0.39, 0.29) is 0 Å². The van der Waals surface area contributed by atoms with Crippen LogP contribution in [0.15, 0.2) is 12.7 Å². The van der Waals surface area contributed by atoms with Gasteiger partial charge in [-0.05, 0) is 37.9 Å². The minimum Gasteiger partial charge on any atom is -0.298 e. The molecule has 0 aliphatic carbocycles. The highest BCUT2D eigenvalue weighted by Crippen LogP contribution is 2.28. The molecule has 0 spiro atoms. The Morgan fingerprint density at radius 2 is 2.29 bits per heavy atom. The molecule has 1 saturated heterocycles. The Morgan fingerprint density at radius 3 is 2.93 bits per heavy atom. The Kier molecular flexibility index (Phi) is 6.00. The molecule has 1 heterocycles. The third kappa shape index (κ3) is 4.32. The molecule has 0 saturated carbocycles. The zero-order valence-corrected chi connectivity index (χ0v) is 9.65. The largest absolute Gasteiger partial charge is 0.298 e. The molecular weight excluding hydrogens is 192 g/mol. The molecule has 2 heteroatoms. The van der Waals surface area contributed by atoms with Crippen LogP contribution in [-0.2, 0) is 4.79 Å². The summed E-state index contributed by atoms with van der Waals surface area (Å²) in [4.78, 5) is 11.6. The van der Waals surface area contributed by atoms with Crippen molar-refractivity contribution in [2.75, 3.05) is 5.75 Å². The highest BCUT2D eigenvalue weighted by Gasteiger charge is 2.22. The molecule has 80 valence electrons. The number of carbonyl (C=O) groups is 1. The van der Waals surface area contributed by atoms with Crippen LogP contribution in [-0.4, -0.2) is 16.8 Å². The van der Waals surface area contributed by atoms with Crippen molar-refractivity contribution in [3.05, 3.63) is 12.7 Å². The Labute approximate surface area is 91.3 Å². The van der Waals surface area contributed by atoms with Crippen molar-refractivity contribution < 1.29 is 4.79 Å². The zero-order chi connectivity index (χ0) is 10.2. The number of carbonyl (C=O) groups excluding carboxylic acids is 1. The minimum absolute atomic E-state index is 0.342. The minimum atomic E-state index is 0.342. The van der Waals surface area contributed by atoms with Crippen LogP contribution in [0.2, 0.25) is 0 Å². The van der Waals surface area contributed by atoms with Crippen LogP contribution in [0.3, 0.4) is 0 Å². The smallest absolute Gasteiger partial charge is 0.145 e. The van der Waals surface area contributed by atoms with Crippen molar-refractivity contribution in [1.29, 1.82) is 0 Å². The molecular formula is C12H20OS. The summed E-state index contributed by atoms with van der Waals surface area (Å²) in [5, 5.41) is 0.342. The first-order valence-corrected chi connectivity index (χ1v) is 6.64. The van der Waals surface area contributed by atoms with Gasteiger partial charge in [-0.2, -0.15) is 11.8 Å². The first-order chi connectivity index (χ1) is 6.84. The van der Waals surface area contributed by atoms with E-state index in [4.69, 9.17) is 0 Å². The standard InChI is InChI=1S/C12H20OS/c1-2-3-4-5-6-8-11(13)12-9-7-10-14-12/h2,12H,1,3-10H2. The fourth-order valence-corrected chi connectivity index (χ4v) is 3.01. The van der Waals surface area contributed by atoms with Gasteiger partial charge in [-0.15, -0.1) is 6.58 Å². The van der Waals surface area contributed by atoms with Crippen molar-refractivity contribution >= 4 is 17.5 Å². The first kappa shape index (κ1) is 11.8. The van der Waals surface area contributed by atoms with E-state index in [1.807, 2.05) is 17.8 Å². The molecule has 14 heavy (non-hydrogen) atoms. The summed E-state index contributed by atoms with van der Waals surface area (Å²) in [5.74, 6) is 1.68. The van der Waals surface area contributed by atoms with E-state index >= 15 is 0 Å². The van der Waals surface area contributed by atoms with Gasteiger partial charge in [0.1, 0.15) is 5.78 Å². The molecule has 0 aromatic carbocycles. The van der Waals surface area contributed by atoms with E-state index in [0.29, 0.717) is 11.0 Å². The van der Waals surface area contributed by atoms with Gasteiger partial charge in [-0.1, -0.05) is 12.5 Å². The molecule has 0 aromatic heterocycles. The van der Waals surface area contributed by atoms with Gasteiger partial charge in [-0.3, -0.25) is 4.79 Å². The topological polar surface area (TPSA) is 17.1 Å². The summed E-state index contributed by atoms with van der Waals surface area (Å²) < 4.78 is 0. The summed E-state index contributed by atoms with van der Waals surface area (Å²) in [7, 11) is 0. The number of unbranched alkanes of at least 4 members (excludes halogenated alkanes) is 3. The second kappa shape index (κ2) is 7.10. The number of ketones is 1. The van der Waals surface area contributed by atoms with E-state index in [2.05, 4.69) is 6.58 Å². The molecule has 1 fully saturated rings. The highest BCUT2D eigenvalue weighted by atomic mass is 32.2. The lowest BCUT2D eigenvalue weighted by Gasteiger charge is -2.06. The maximum absolute atomic E-state index is 11.6. The van der Waals surface area contributed by atoms with Crippen molar-refractivity contribution in [2.24, 2.45) is 0 Å². The summed E-state index contributed by atoms with van der Waals surface area (Å²) in [6, 6.07) is 0. The number of Topliss-reactive ketones (excluding diaryl/α,β-unsaturated/α-hetero) is 1. The fourth-order valence-electron chi connectivity index (χ4n) is 1.76. The molecule has 0 bridgehead atoms. The third-order valence-corrected chi connectivity index (χ3v) is 4.05. The third-order valence-electron chi connectivity index (χ3n) is 2.62. The number of hydrogen-bond donors (Lipinski definition) is 0. The molecule has 0 N–H and O–H groups in total. The molecule has 0 aromatic rings. The Hall–Kier alpha value is -0.240.